The van der Waals surface area contributed by atoms with Crippen molar-refractivity contribution >= 4 is 47.5 Å². The fraction of sp³-hybridized carbons (Fsp3) is 0.421. The highest BCUT2D eigenvalue weighted by Gasteiger charge is 2.66. The number of aliphatic hydroxyl groups is 1. The number of fused-ring (bicyclic) bond motifs is 2. The number of aliphatic hydroxyl groups excluding tert-OH is 1. The number of anilines is 2. The van der Waals surface area contributed by atoms with E-state index in [4.69, 9.17) is 4.74 Å². The first kappa shape index (κ1) is 35.6. The highest BCUT2D eigenvalue weighted by molar-refractivity contribution is 9.10. The van der Waals surface area contributed by atoms with Crippen molar-refractivity contribution in [2.45, 2.75) is 81.6 Å². The molecule has 13 heteroatoms. The summed E-state index contributed by atoms with van der Waals surface area (Å²) in [6.07, 6.45) is 3.49. The third-order valence-corrected chi connectivity index (χ3v) is 13.7. The van der Waals surface area contributed by atoms with Gasteiger partial charge in [-0.2, -0.15) is 0 Å². The van der Waals surface area contributed by atoms with E-state index in [1.165, 1.54) is 0 Å². The highest BCUT2D eigenvalue weighted by atomic mass is 79.9. The van der Waals surface area contributed by atoms with Crippen LogP contribution in [0, 0.1) is 5.92 Å². The predicted molar refractivity (Wildman–Crippen MR) is 199 cm³/mol. The van der Waals surface area contributed by atoms with E-state index in [1.807, 2.05) is 85.9 Å². The zero-order chi connectivity index (χ0) is 35.9. The van der Waals surface area contributed by atoms with E-state index in [1.54, 1.807) is 22.7 Å². The van der Waals surface area contributed by atoms with Crippen molar-refractivity contribution in [3.8, 4) is 0 Å². The number of amides is 2. The molecule has 2 amide bonds. The Balaban J connectivity index is 1.14. The lowest BCUT2D eigenvalue weighted by atomic mass is 9.82. The van der Waals surface area contributed by atoms with Crippen molar-refractivity contribution in [2.24, 2.45) is 5.92 Å². The summed E-state index contributed by atoms with van der Waals surface area (Å²) in [6, 6.07) is 22.8. The molecule has 3 aliphatic rings. The molecule has 1 aromatic heterocycles. The van der Waals surface area contributed by atoms with Gasteiger partial charge in [0.1, 0.15) is 0 Å². The van der Waals surface area contributed by atoms with Gasteiger partial charge in [0.25, 0.3) is 5.91 Å². The molecule has 1 unspecified atom stereocenters. The van der Waals surface area contributed by atoms with Crippen LogP contribution in [0.5, 0.6) is 0 Å². The van der Waals surface area contributed by atoms with Crippen LogP contribution in [0.25, 0.3) is 0 Å². The van der Waals surface area contributed by atoms with Crippen molar-refractivity contribution in [3.63, 3.8) is 0 Å². The minimum absolute atomic E-state index is 0.0640. The topological polar surface area (TPSA) is 122 Å². The van der Waals surface area contributed by atoms with Crippen molar-refractivity contribution < 1.29 is 23.5 Å². The number of rotatable bonds is 11. The summed E-state index contributed by atoms with van der Waals surface area (Å²) in [6.45, 7) is 6.74. The predicted octanol–water partition coefficient (Wildman–Crippen LogP) is 6.27. The van der Waals surface area contributed by atoms with E-state index in [0.29, 0.717) is 24.3 Å². The second-order valence-corrected chi connectivity index (χ2v) is 19.2. The number of carbonyl (C=O) groups excluding carboxylic acids is 2. The fourth-order valence-electron chi connectivity index (χ4n) is 8.41. The number of benzene rings is 3. The summed E-state index contributed by atoms with van der Waals surface area (Å²) in [5.74, 6) is -1.03. The third kappa shape index (κ3) is 6.82. The molecular formula is C38H44BrFN6O4Si. The van der Waals surface area contributed by atoms with Gasteiger partial charge < -0.3 is 29.5 Å². The van der Waals surface area contributed by atoms with Gasteiger partial charge in [0, 0.05) is 39.9 Å². The maximum absolute atomic E-state index is 16.4. The third-order valence-electron chi connectivity index (χ3n) is 10.8. The molecule has 1 spiro atoms. The molecule has 51 heavy (non-hydrogen) atoms. The maximum atomic E-state index is 16.4. The van der Waals surface area contributed by atoms with Gasteiger partial charge in [0.15, 0.2) is 5.60 Å². The molecule has 0 aliphatic carbocycles. The Morgan fingerprint density at radius 2 is 1.98 bits per heavy atom. The van der Waals surface area contributed by atoms with Crippen LogP contribution < -0.4 is 15.5 Å². The summed E-state index contributed by atoms with van der Waals surface area (Å²) in [7, 11) is -3.37. The molecule has 3 aromatic carbocycles. The molecule has 4 aromatic rings. The van der Waals surface area contributed by atoms with E-state index in [-0.39, 0.29) is 36.9 Å². The average Bonchev–Trinajstić information content (AvgIpc) is 3.90. The number of hydrogen-bond acceptors (Lipinski definition) is 7. The van der Waals surface area contributed by atoms with Gasteiger partial charge >= 0.3 is 0 Å². The smallest absolute Gasteiger partial charge is 0.264 e. The number of nitrogens with one attached hydrogen (secondary N) is 2. The van der Waals surface area contributed by atoms with Crippen molar-refractivity contribution in [1.82, 2.24) is 20.3 Å². The second kappa shape index (κ2) is 14.3. The van der Waals surface area contributed by atoms with Crippen LogP contribution in [0.3, 0.4) is 0 Å². The molecule has 0 radical (unpaired) electrons. The number of halogens is 2. The monoisotopic (exact) mass is 774 g/mol. The standard InChI is InChI=1S/C38H44BrFN6O4Si/c1-24-35(51(2,3)40)34(16-18-45-22-32(43-44-45)29(23-47)26-10-5-4-6-11-26)50-38(24)30-20-27(39)14-15-33(30)46(37(38)49)21-25-9-7-12-28(19-25)42-36(48)31-13-8-17-41-31/h4-7,9-12,14-15,19-20,22,24,29,31,34-35,41,47H,8,13,16-18,21,23H2,1-3H3,(H,42,48)/t24-,29?,31+,34+,35-,38+/m0/s1. The minimum Gasteiger partial charge on any atom is -0.395 e. The molecule has 0 bridgehead atoms. The molecule has 268 valence electrons. The summed E-state index contributed by atoms with van der Waals surface area (Å²) in [5, 5.41) is 25.1. The van der Waals surface area contributed by atoms with Crippen LogP contribution in [0.4, 0.5) is 15.5 Å². The number of carbonyl (C=O) groups is 2. The lowest BCUT2D eigenvalue weighted by Gasteiger charge is -2.31. The second-order valence-electron chi connectivity index (χ2n) is 14.5. The fourth-order valence-corrected chi connectivity index (χ4v) is 11.3. The number of nitrogens with zero attached hydrogens (tertiary/aromatic N) is 4. The largest absolute Gasteiger partial charge is 0.395 e. The summed E-state index contributed by atoms with van der Waals surface area (Å²) < 4.78 is 25.9. The quantitative estimate of drug-likeness (QED) is 0.121. The van der Waals surface area contributed by atoms with Crippen molar-refractivity contribution in [1.29, 1.82) is 0 Å². The Hall–Kier alpha value is -3.75. The molecule has 0 saturated carbocycles. The van der Waals surface area contributed by atoms with Crippen LogP contribution in [-0.2, 0) is 33.0 Å². The van der Waals surface area contributed by atoms with Crippen molar-refractivity contribution in [3.05, 3.63) is 106 Å². The molecule has 3 N–H and O–H groups in total. The molecule has 4 heterocycles. The van der Waals surface area contributed by atoms with E-state index < -0.39 is 31.6 Å². The van der Waals surface area contributed by atoms with Gasteiger partial charge in [-0.25, -0.2) is 0 Å². The van der Waals surface area contributed by atoms with Gasteiger partial charge in [-0.1, -0.05) is 70.5 Å². The summed E-state index contributed by atoms with van der Waals surface area (Å²) >= 11 is 3.62. The number of hydrogen-bond donors (Lipinski definition) is 3. The first-order chi connectivity index (χ1) is 24.5. The highest BCUT2D eigenvalue weighted by Crippen LogP contribution is 2.60. The number of aryl methyl sites for hydroxylation is 1. The first-order valence-electron chi connectivity index (χ1n) is 17.7. The van der Waals surface area contributed by atoms with Crippen LogP contribution in [0.15, 0.2) is 83.5 Å². The normalized spacial score (nSPS) is 25.1. The maximum Gasteiger partial charge on any atom is 0.264 e. The Labute approximate surface area is 307 Å². The SMILES string of the molecule is C[C@H]1[C@H]([Si](C)(C)F)[C@@H](CCn2cc(C(CO)c3ccccc3)nn2)O[C@]12C(=O)N(Cc1cccc(NC(=O)[C@H]3CCCN3)c1)c1ccc(Br)cc12. The van der Waals surface area contributed by atoms with Gasteiger partial charge in [-0.05, 0) is 80.4 Å². The van der Waals surface area contributed by atoms with Gasteiger partial charge in [0.2, 0.25) is 14.3 Å². The molecule has 2 fully saturated rings. The van der Waals surface area contributed by atoms with Gasteiger partial charge in [-0.3, -0.25) is 14.3 Å². The number of aromatic nitrogens is 3. The Kier molecular flexibility index (Phi) is 10.0. The van der Waals surface area contributed by atoms with Crippen LogP contribution in [-0.4, -0.2) is 65.6 Å². The zero-order valence-corrected chi connectivity index (χ0v) is 31.6. The van der Waals surface area contributed by atoms with Crippen LogP contribution in [0.2, 0.25) is 18.6 Å². The lowest BCUT2D eigenvalue weighted by Crippen LogP contribution is -2.45. The van der Waals surface area contributed by atoms with E-state index in [9.17, 15) is 14.7 Å². The summed E-state index contributed by atoms with van der Waals surface area (Å²) in [5.41, 5.74) is 2.74. The number of ether oxygens (including phenoxy) is 1. The Morgan fingerprint density at radius 1 is 1.18 bits per heavy atom. The first-order valence-corrected chi connectivity index (χ1v) is 21.4. The lowest BCUT2D eigenvalue weighted by molar-refractivity contribution is -0.146. The van der Waals surface area contributed by atoms with E-state index >= 15 is 4.11 Å². The Bertz CT molecular complexity index is 1900. The van der Waals surface area contributed by atoms with Gasteiger partial charge in [0.05, 0.1) is 42.6 Å². The van der Waals surface area contributed by atoms with E-state index in [2.05, 4.69) is 36.9 Å². The zero-order valence-electron chi connectivity index (χ0n) is 29.1. The molecule has 10 nitrogen and oxygen atoms in total. The molecular weight excluding hydrogens is 731 g/mol. The van der Waals surface area contributed by atoms with Gasteiger partial charge in [-0.15, -0.1) is 5.10 Å². The Morgan fingerprint density at radius 3 is 2.71 bits per heavy atom. The minimum atomic E-state index is -3.37. The van der Waals surface area contributed by atoms with E-state index in [0.717, 1.165) is 46.2 Å². The summed E-state index contributed by atoms with van der Waals surface area (Å²) in [4.78, 5) is 29.4. The molecule has 6 atom stereocenters. The average molecular weight is 776 g/mol. The molecule has 2 saturated heterocycles. The molecule has 3 aliphatic heterocycles. The van der Waals surface area contributed by atoms with Crippen molar-refractivity contribution in [2.75, 3.05) is 23.4 Å². The molecule has 7 rings (SSSR count). The van der Waals surface area contributed by atoms with Crippen LogP contribution >= 0.6 is 15.9 Å². The van der Waals surface area contributed by atoms with Crippen LogP contribution in [0.1, 0.15) is 54.5 Å².